The lowest BCUT2D eigenvalue weighted by molar-refractivity contribution is -0.138. The molecule has 0 spiro atoms. The maximum absolute atomic E-state index is 11.3. The van der Waals surface area contributed by atoms with Crippen LogP contribution in [-0.4, -0.2) is 34.9 Å². The minimum Gasteiger partial charge on any atom is -0.480 e. The topological polar surface area (TPSA) is 60.8 Å². The number of benzene rings is 2. The fourth-order valence-corrected chi connectivity index (χ4v) is 2.77. The zero-order valence-electron chi connectivity index (χ0n) is 10.4. The quantitative estimate of drug-likeness (QED) is 0.862. The molecule has 2 N–H and O–H groups in total. The van der Waals surface area contributed by atoms with Crippen LogP contribution in [0.25, 0.3) is 10.8 Å². The van der Waals surface area contributed by atoms with E-state index in [0.717, 1.165) is 16.5 Å². The van der Waals surface area contributed by atoms with Crippen LogP contribution in [0.4, 0.5) is 5.69 Å². The molecule has 4 heteroatoms. The van der Waals surface area contributed by atoms with Crippen LogP contribution >= 0.6 is 0 Å². The average Bonchev–Trinajstić information content (AvgIpc) is 2.80. The number of aliphatic hydroxyl groups excluding tert-OH is 1. The van der Waals surface area contributed by atoms with E-state index in [-0.39, 0.29) is 6.42 Å². The number of carbonyl (C=O) groups is 1. The highest BCUT2D eigenvalue weighted by Gasteiger charge is 2.36. The van der Waals surface area contributed by atoms with Crippen molar-refractivity contribution in [2.24, 2.45) is 0 Å². The molecule has 0 aromatic heterocycles. The Balaban J connectivity index is 2.11. The zero-order chi connectivity index (χ0) is 13.4. The first-order valence-electron chi connectivity index (χ1n) is 6.32. The van der Waals surface area contributed by atoms with Crippen LogP contribution in [0.5, 0.6) is 0 Å². The Hall–Kier alpha value is -2.07. The van der Waals surface area contributed by atoms with Crippen molar-refractivity contribution in [3.8, 4) is 0 Å². The zero-order valence-corrected chi connectivity index (χ0v) is 10.4. The number of carboxylic acid groups (broad SMARTS) is 1. The third kappa shape index (κ3) is 2.04. The Morgan fingerprint density at radius 2 is 1.89 bits per heavy atom. The highest BCUT2D eigenvalue weighted by atomic mass is 16.4. The standard InChI is InChI=1S/C15H15NO3/c17-11-8-14(15(18)19)16(9-11)13-7-3-5-10-4-1-2-6-12(10)13/h1-7,11,14,17H,8-9H2,(H,18,19)/t11-,14+/m1/s1. The fourth-order valence-electron chi connectivity index (χ4n) is 2.77. The number of aliphatic carboxylic acids is 1. The van der Waals surface area contributed by atoms with Crippen molar-refractivity contribution in [3.63, 3.8) is 0 Å². The molecule has 98 valence electrons. The summed E-state index contributed by atoms with van der Waals surface area (Å²) in [6.07, 6.45) is -0.307. The van der Waals surface area contributed by atoms with Gasteiger partial charge in [0.05, 0.1) is 6.10 Å². The van der Waals surface area contributed by atoms with E-state index in [4.69, 9.17) is 0 Å². The molecule has 19 heavy (non-hydrogen) atoms. The summed E-state index contributed by atoms with van der Waals surface area (Å²) >= 11 is 0. The van der Waals surface area contributed by atoms with Crippen molar-refractivity contribution in [2.45, 2.75) is 18.6 Å². The molecule has 1 aliphatic heterocycles. The number of rotatable bonds is 2. The molecule has 3 rings (SSSR count). The van der Waals surface area contributed by atoms with Crippen LogP contribution < -0.4 is 4.90 Å². The van der Waals surface area contributed by atoms with Gasteiger partial charge >= 0.3 is 5.97 Å². The predicted octanol–water partition coefficient (Wildman–Crippen LogP) is 1.86. The minimum absolute atomic E-state index is 0.276. The Morgan fingerprint density at radius 1 is 1.16 bits per heavy atom. The van der Waals surface area contributed by atoms with E-state index in [0.29, 0.717) is 6.54 Å². The van der Waals surface area contributed by atoms with Crippen LogP contribution in [0.1, 0.15) is 6.42 Å². The summed E-state index contributed by atoms with van der Waals surface area (Å²) in [6.45, 7) is 0.366. The molecule has 0 unspecified atom stereocenters. The summed E-state index contributed by atoms with van der Waals surface area (Å²) in [5, 5.41) is 21.1. The molecular formula is C15H15NO3. The van der Waals surface area contributed by atoms with Gasteiger partial charge in [0, 0.05) is 24.0 Å². The van der Waals surface area contributed by atoms with Gasteiger partial charge in [0.1, 0.15) is 6.04 Å². The van der Waals surface area contributed by atoms with E-state index in [1.165, 1.54) is 0 Å². The molecule has 0 radical (unpaired) electrons. The SMILES string of the molecule is O=C(O)[C@@H]1C[C@@H](O)CN1c1cccc2ccccc12. The van der Waals surface area contributed by atoms with Gasteiger partial charge in [0.15, 0.2) is 0 Å². The maximum atomic E-state index is 11.3. The van der Waals surface area contributed by atoms with Gasteiger partial charge in [-0.05, 0) is 11.5 Å². The summed E-state index contributed by atoms with van der Waals surface area (Å²) < 4.78 is 0. The van der Waals surface area contributed by atoms with Crippen molar-refractivity contribution in [1.29, 1.82) is 0 Å². The average molecular weight is 257 g/mol. The lowest BCUT2D eigenvalue weighted by Gasteiger charge is -2.24. The summed E-state index contributed by atoms with van der Waals surface area (Å²) in [6, 6.07) is 13.1. The van der Waals surface area contributed by atoms with E-state index in [9.17, 15) is 15.0 Å². The fraction of sp³-hybridized carbons (Fsp3) is 0.267. The first kappa shape index (κ1) is 12.0. The summed E-state index contributed by atoms with van der Waals surface area (Å²) in [5.41, 5.74) is 0.877. The van der Waals surface area contributed by atoms with E-state index < -0.39 is 18.1 Å². The molecule has 0 bridgehead atoms. The molecular weight excluding hydrogens is 242 g/mol. The van der Waals surface area contributed by atoms with Gasteiger partial charge in [-0.25, -0.2) is 4.79 Å². The number of carboxylic acids is 1. The van der Waals surface area contributed by atoms with Gasteiger partial charge in [-0.15, -0.1) is 0 Å². The predicted molar refractivity (Wildman–Crippen MR) is 73.3 cm³/mol. The van der Waals surface area contributed by atoms with Gasteiger partial charge in [0.25, 0.3) is 0 Å². The van der Waals surface area contributed by atoms with Crippen LogP contribution in [-0.2, 0) is 4.79 Å². The van der Waals surface area contributed by atoms with Gasteiger partial charge in [0.2, 0.25) is 0 Å². The second-order valence-electron chi connectivity index (χ2n) is 4.89. The largest absolute Gasteiger partial charge is 0.480 e. The molecule has 2 atom stereocenters. The molecule has 0 amide bonds. The number of anilines is 1. The van der Waals surface area contributed by atoms with Crippen LogP contribution in [0.15, 0.2) is 42.5 Å². The number of fused-ring (bicyclic) bond motifs is 1. The third-order valence-corrected chi connectivity index (χ3v) is 3.64. The first-order valence-corrected chi connectivity index (χ1v) is 6.32. The van der Waals surface area contributed by atoms with E-state index in [1.807, 2.05) is 42.5 Å². The summed E-state index contributed by atoms with van der Waals surface area (Å²) in [4.78, 5) is 13.1. The third-order valence-electron chi connectivity index (χ3n) is 3.64. The van der Waals surface area contributed by atoms with Crippen LogP contribution in [0.2, 0.25) is 0 Å². The Kier molecular flexibility index (Phi) is 2.87. The van der Waals surface area contributed by atoms with Crippen LogP contribution in [0.3, 0.4) is 0 Å². The highest BCUT2D eigenvalue weighted by molar-refractivity contribution is 5.96. The molecule has 4 nitrogen and oxygen atoms in total. The van der Waals surface area contributed by atoms with Crippen molar-refractivity contribution < 1.29 is 15.0 Å². The first-order chi connectivity index (χ1) is 9.16. The normalized spacial score (nSPS) is 22.9. The molecule has 2 aromatic rings. The van der Waals surface area contributed by atoms with Gasteiger partial charge in [-0.2, -0.15) is 0 Å². The van der Waals surface area contributed by atoms with Crippen molar-refractivity contribution in [3.05, 3.63) is 42.5 Å². The minimum atomic E-state index is -0.885. The number of hydrogen-bond acceptors (Lipinski definition) is 3. The second-order valence-corrected chi connectivity index (χ2v) is 4.89. The number of β-amino-alcohol motifs (C(OH)–C–C–N with tert-alkyl or cyclic N) is 1. The summed E-state index contributed by atoms with van der Waals surface area (Å²) in [7, 11) is 0. The lowest BCUT2D eigenvalue weighted by atomic mass is 10.1. The molecule has 1 fully saturated rings. The monoisotopic (exact) mass is 257 g/mol. The lowest BCUT2D eigenvalue weighted by Crippen LogP contribution is -2.36. The maximum Gasteiger partial charge on any atom is 0.326 e. The summed E-state index contributed by atoms with van der Waals surface area (Å²) in [5.74, 6) is -0.885. The highest BCUT2D eigenvalue weighted by Crippen LogP contribution is 2.32. The molecule has 0 aliphatic carbocycles. The van der Waals surface area contributed by atoms with Gasteiger partial charge in [-0.1, -0.05) is 36.4 Å². The number of aliphatic hydroxyl groups is 1. The molecule has 2 aromatic carbocycles. The van der Waals surface area contributed by atoms with E-state index in [1.54, 1.807) is 4.90 Å². The van der Waals surface area contributed by atoms with Crippen molar-refractivity contribution in [2.75, 3.05) is 11.4 Å². The molecule has 1 heterocycles. The molecule has 1 saturated heterocycles. The Morgan fingerprint density at radius 3 is 2.68 bits per heavy atom. The van der Waals surface area contributed by atoms with E-state index >= 15 is 0 Å². The van der Waals surface area contributed by atoms with Crippen molar-refractivity contribution >= 4 is 22.4 Å². The molecule has 0 saturated carbocycles. The Labute approximate surface area is 110 Å². The molecule has 1 aliphatic rings. The van der Waals surface area contributed by atoms with Crippen LogP contribution in [0, 0.1) is 0 Å². The second kappa shape index (κ2) is 4.55. The number of nitrogens with zero attached hydrogens (tertiary/aromatic N) is 1. The van der Waals surface area contributed by atoms with Gasteiger partial charge in [-0.3, -0.25) is 0 Å². The van der Waals surface area contributed by atoms with Crippen molar-refractivity contribution in [1.82, 2.24) is 0 Å². The van der Waals surface area contributed by atoms with E-state index in [2.05, 4.69) is 0 Å². The number of hydrogen-bond donors (Lipinski definition) is 2. The Bertz CT molecular complexity index is 620. The van der Waals surface area contributed by atoms with Gasteiger partial charge < -0.3 is 15.1 Å². The smallest absolute Gasteiger partial charge is 0.326 e.